The first-order chi connectivity index (χ1) is 9.32. The molecule has 0 aromatic heterocycles. The van der Waals surface area contributed by atoms with E-state index in [1.165, 1.54) is 18.6 Å². The first-order valence-corrected chi connectivity index (χ1v) is 7.54. The lowest BCUT2D eigenvalue weighted by atomic mass is 9.80. The van der Waals surface area contributed by atoms with Gasteiger partial charge >= 0.3 is 0 Å². The molecule has 1 heterocycles. The van der Waals surface area contributed by atoms with Gasteiger partial charge in [0.05, 0.1) is 0 Å². The zero-order chi connectivity index (χ0) is 14.8. The van der Waals surface area contributed by atoms with E-state index >= 15 is 0 Å². The van der Waals surface area contributed by atoms with Gasteiger partial charge < -0.3 is 5.73 Å². The SMILES string of the molecule is CC(C)(C)CC1CC(N)CN(Cc2ccc(F)cc2)C1. The molecule has 1 saturated heterocycles. The number of nitrogens with two attached hydrogens (primary N) is 1. The topological polar surface area (TPSA) is 29.3 Å². The van der Waals surface area contributed by atoms with Crippen molar-refractivity contribution in [1.29, 1.82) is 0 Å². The van der Waals surface area contributed by atoms with Crippen LogP contribution in [0, 0.1) is 17.2 Å². The molecule has 112 valence electrons. The molecular weight excluding hydrogens is 251 g/mol. The van der Waals surface area contributed by atoms with Crippen molar-refractivity contribution in [1.82, 2.24) is 4.90 Å². The van der Waals surface area contributed by atoms with Crippen molar-refractivity contribution in [2.45, 2.75) is 46.2 Å². The van der Waals surface area contributed by atoms with E-state index < -0.39 is 0 Å². The summed E-state index contributed by atoms with van der Waals surface area (Å²) < 4.78 is 12.9. The van der Waals surface area contributed by atoms with Gasteiger partial charge in [-0.1, -0.05) is 32.9 Å². The lowest BCUT2D eigenvalue weighted by molar-refractivity contribution is 0.121. The summed E-state index contributed by atoms with van der Waals surface area (Å²) in [5.74, 6) is 0.494. The highest BCUT2D eigenvalue weighted by molar-refractivity contribution is 5.16. The van der Waals surface area contributed by atoms with Crippen molar-refractivity contribution in [3.05, 3.63) is 35.6 Å². The van der Waals surface area contributed by atoms with Crippen LogP contribution >= 0.6 is 0 Å². The first-order valence-electron chi connectivity index (χ1n) is 7.54. The van der Waals surface area contributed by atoms with Gasteiger partial charge in [-0.2, -0.15) is 0 Å². The summed E-state index contributed by atoms with van der Waals surface area (Å²) >= 11 is 0. The number of likely N-dealkylation sites (tertiary alicyclic amines) is 1. The van der Waals surface area contributed by atoms with Gasteiger partial charge in [0.2, 0.25) is 0 Å². The maximum atomic E-state index is 12.9. The summed E-state index contributed by atoms with van der Waals surface area (Å²) in [6.45, 7) is 9.78. The van der Waals surface area contributed by atoms with Gasteiger partial charge in [0, 0.05) is 25.7 Å². The van der Waals surface area contributed by atoms with Crippen molar-refractivity contribution in [2.24, 2.45) is 17.1 Å². The molecular formula is C17H27FN2. The minimum atomic E-state index is -0.172. The third kappa shape index (κ3) is 4.88. The third-order valence-electron chi connectivity index (χ3n) is 3.87. The Kier molecular flexibility index (Phi) is 4.82. The molecule has 0 amide bonds. The quantitative estimate of drug-likeness (QED) is 0.918. The van der Waals surface area contributed by atoms with Crippen molar-refractivity contribution in [3.63, 3.8) is 0 Å². The number of halogens is 1. The second-order valence-corrected chi connectivity index (χ2v) is 7.45. The molecule has 20 heavy (non-hydrogen) atoms. The average molecular weight is 278 g/mol. The zero-order valence-electron chi connectivity index (χ0n) is 12.9. The Bertz CT molecular complexity index is 422. The van der Waals surface area contributed by atoms with Crippen LogP contribution in [0.2, 0.25) is 0 Å². The fourth-order valence-corrected chi connectivity index (χ4v) is 3.34. The Labute approximate surface area is 122 Å². The van der Waals surface area contributed by atoms with Crippen LogP contribution in [0.4, 0.5) is 4.39 Å². The molecule has 1 fully saturated rings. The highest BCUT2D eigenvalue weighted by atomic mass is 19.1. The fourth-order valence-electron chi connectivity index (χ4n) is 3.34. The molecule has 1 aliphatic heterocycles. The van der Waals surface area contributed by atoms with E-state index in [4.69, 9.17) is 5.73 Å². The molecule has 0 aliphatic carbocycles. The van der Waals surface area contributed by atoms with Gasteiger partial charge in [-0.25, -0.2) is 4.39 Å². The maximum absolute atomic E-state index is 12.9. The summed E-state index contributed by atoms with van der Waals surface area (Å²) in [5.41, 5.74) is 7.72. The number of piperidine rings is 1. The van der Waals surface area contributed by atoms with Crippen LogP contribution in [-0.2, 0) is 6.54 Å². The average Bonchev–Trinajstić information content (AvgIpc) is 2.29. The molecule has 2 atom stereocenters. The summed E-state index contributed by atoms with van der Waals surface area (Å²) in [4.78, 5) is 2.41. The minimum Gasteiger partial charge on any atom is -0.327 e. The zero-order valence-corrected chi connectivity index (χ0v) is 12.9. The fraction of sp³-hybridized carbons (Fsp3) is 0.647. The van der Waals surface area contributed by atoms with Crippen LogP contribution in [0.5, 0.6) is 0 Å². The van der Waals surface area contributed by atoms with Crippen LogP contribution < -0.4 is 5.73 Å². The standard InChI is InChI=1S/C17H27FN2/c1-17(2,3)9-14-8-16(19)12-20(11-14)10-13-4-6-15(18)7-5-13/h4-7,14,16H,8-12,19H2,1-3H3. The molecule has 3 heteroatoms. The Hall–Kier alpha value is -0.930. The van der Waals surface area contributed by atoms with Crippen LogP contribution in [0.1, 0.15) is 39.2 Å². The molecule has 1 aliphatic rings. The lowest BCUT2D eigenvalue weighted by Gasteiger charge is -2.38. The molecule has 2 rings (SSSR count). The van der Waals surface area contributed by atoms with E-state index in [1.807, 2.05) is 12.1 Å². The lowest BCUT2D eigenvalue weighted by Crippen LogP contribution is -2.47. The number of nitrogens with zero attached hydrogens (tertiary/aromatic N) is 1. The minimum absolute atomic E-state index is 0.172. The van der Waals surface area contributed by atoms with E-state index in [-0.39, 0.29) is 11.9 Å². The second kappa shape index (κ2) is 6.23. The van der Waals surface area contributed by atoms with Gasteiger partial charge in [0.1, 0.15) is 5.82 Å². The second-order valence-electron chi connectivity index (χ2n) is 7.45. The molecule has 1 aromatic rings. The van der Waals surface area contributed by atoms with Gasteiger partial charge in [0.25, 0.3) is 0 Å². The van der Waals surface area contributed by atoms with Crippen LogP contribution in [0.3, 0.4) is 0 Å². The van der Waals surface area contributed by atoms with E-state index in [9.17, 15) is 4.39 Å². The van der Waals surface area contributed by atoms with Gasteiger partial charge in [0.15, 0.2) is 0 Å². The molecule has 2 unspecified atom stereocenters. The van der Waals surface area contributed by atoms with Crippen molar-refractivity contribution in [2.75, 3.05) is 13.1 Å². The number of rotatable bonds is 3. The van der Waals surface area contributed by atoms with Crippen molar-refractivity contribution >= 4 is 0 Å². The van der Waals surface area contributed by atoms with E-state index in [1.54, 1.807) is 0 Å². The molecule has 2 N–H and O–H groups in total. The Morgan fingerprint density at radius 1 is 1.20 bits per heavy atom. The predicted molar refractivity (Wildman–Crippen MR) is 81.8 cm³/mol. The van der Waals surface area contributed by atoms with E-state index in [0.717, 1.165) is 31.6 Å². The van der Waals surface area contributed by atoms with E-state index in [0.29, 0.717) is 11.3 Å². The smallest absolute Gasteiger partial charge is 0.123 e. The monoisotopic (exact) mass is 278 g/mol. The normalized spacial score (nSPS) is 24.9. The molecule has 1 aromatic carbocycles. The molecule has 0 radical (unpaired) electrons. The Morgan fingerprint density at radius 2 is 1.85 bits per heavy atom. The van der Waals surface area contributed by atoms with Crippen molar-refractivity contribution in [3.8, 4) is 0 Å². The first kappa shape index (κ1) is 15.5. The van der Waals surface area contributed by atoms with Gasteiger partial charge in [-0.3, -0.25) is 4.90 Å². The van der Waals surface area contributed by atoms with E-state index in [2.05, 4.69) is 25.7 Å². The van der Waals surface area contributed by atoms with Crippen LogP contribution in [0.25, 0.3) is 0 Å². The van der Waals surface area contributed by atoms with Crippen LogP contribution in [0.15, 0.2) is 24.3 Å². The number of hydrogen-bond donors (Lipinski definition) is 1. The third-order valence-corrected chi connectivity index (χ3v) is 3.87. The maximum Gasteiger partial charge on any atom is 0.123 e. The Morgan fingerprint density at radius 3 is 2.45 bits per heavy atom. The molecule has 0 spiro atoms. The summed E-state index contributed by atoms with van der Waals surface area (Å²) in [6.07, 6.45) is 2.33. The van der Waals surface area contributed by atoms with Gasteiger partial charge in [-0.15, -0.1) is 0 Å². The predicted octanol–water partition coefficient (Wildman–Crippen LogP) is 3.41. The van der Waals surface area contributed by atoms with Crippen molar-refractivity contribution < 1.29 is 4.39 Å². The molecule has 0 saturated carbocycles. The highest BCUT2D eigenvalue weighted by Gasteiger charge is 2.28. The van der Waals surface area contributed by atoms with Crippen LogP contribution in [-0.4, -0.2) is 24.0 Å². The van der Waals surface area contributed by atoms with Gasteiger partial charge in [-0.05, 0) is 41.9 Å². The summed E-state index contributed by atoms with van der Waals surface area (Å²) in [7, 11) is 0. The largest absolute Gasteiger partial charge is 0.327 e. The number of hydrogen-bond acceptors (Lipinski definition) is 2. The highest BCUT2D eigenvalue weighted by Crippen LogP contribution is 2.30. The summed E-state index contributed by atoms with van der Waals surface area (Å²) in [5, 5.41) is 0. The Balaban J connectivity index is 1.95. The molecule has 0 bridgehead atoms. The number of benzene rings is 1. The molecule has 2 nitrogen and oxygen atoms in total. The summed E-state index contributed by atoms with van der Waals surface area (Å²) in [6, 6.07) is 7.07.